The van der Waals surface area contributed by atoms with Crippen LogP contribution in [-0.2, 0) is 4.74 Å². The summed E-state index contributed by atoms with van der Waals surface area (Å²) < 4.78 is 5.57. The van der Waals surface area contributed by atoms with Crippen LogP contribution < -0.4 is 5.32 Å². The van der Waals surface area contributed by atoms with Crippen LogP contribution in [0.5, 0.6) is 0 Å². The molecule has 0 radical (unpaired) electrons. The van der Waals surface area contributed by atoms with Gasteiger partial charge in [0.25, 0.3) is 0 Å². The lowest BCUT2D eigenvalue weighted by molar-refractivity contribution is 0.105. The second-order valence-corrected chi connectivity index (χ2v) is 5.43. The Morgan fingerprint density at radius 3 is 2.78 bits per heavy atom. The van der Waals surface area contributed by atoms with Crippen LogP contribution >= 0.6 is 0 Å². The zero-order valence-electron chi connectivity index (χ0n) is 11.6. The first-order chi connectivity index (χ1) is 8.77. The maximum Gasteiger partial charge on any atom is 0.0588 e. The fraction of sp³-hybridized carbons (Fsp3) is 0.625. The van der Waals surface area contributed by atoms with Gasteiger partial charge in [-0.05, 0) is 43.7 Å². The van der Waals surface area contributed by atoms with E-state index in [2.05, 4.69) is 49.5 Å². The lowest BCUT2D eigenvalue weighted by Crippen LogP contribution is -2.28. The lowest BCUT2D eigenvalue weighted by Gasteiger charge is -2.16. The largest absolute Gasteiger partial charge is 0.378 e. The van der Waals surface area contributed by atoms with Gasteiger partial charge >= 0.3 is 0 Å². The van der Waals surface area contributed by atoms with Gasteiger partial charge in [0, 0.05) is 13.2 Å². The summed E-state index contributed by atoms with van der Waals surface area (Å²) in [6.07, 6.45) is 2.85. The minimum atomic E-state index is 0.434. The molecular formula is C16H25NO. The van der Waals surface area contributed by atoms with Crippen LogP contribution in [0.2, 0.25) is 0 Å². The number of hydrogen-bond acceptors (Lipinski definition) is 2. The molecule has 2 heteroatoms. The van der Waals surface area contributed by atoms with Gasteiger partial charge in [-0.25, -0.2) is 0 Å². The van der Waals surface area contributed by atoms with Crippen molar-refractivity contribution in [2.24, 2.45) is 5.92 Å². The van der Waals surface area contributed by atoms with Crippen molar-refractivity contribution in [3.05, 3.63) is 35.9 Å². The molecule has 1 heterocycles. The van der Waals surface area contributed by atoms with E-state index < -0.39 is 0 Å². The Kier molecular flexibility index (Phi) is 5.21. The Bertz CT molecular complexity index is 338. The number of benzene rings is 1. The third kappa shape index (κ3) is 3.82. The molecule has 2 nitrogen and oxygen atoms in total. The fourth-order valence-electron chi connectivity index (χ4n) is 2.60. The molecule has 1 saturated heterocycles. The zero-order chi connectivity index (χ0) is 12.8. The topological polar surface area (TPSA) is 21.3 Å². The van der Waals surface area contributed by atoms with E-state index in [0.717, 1.165) is 19.7 Å². The molecule has 18 heavy (non-hydrogen) atoms. The van der Waals surface area contributed by atoms with Gasteiger partial charge in [0.15, 0.2) is 0 Å². The first-order valence-electron chi connectivity index (χ1n) is 7.14. The molecule has 1 aromatic rings. The van der Waals surface area contributed by atoms with E-state index in [1.54, 1.807) is 0 Å². The fourth-order valence-corrected chi connectivity index (χ4v) is 2.60. The zero-order valence-corrected chi connectivity index (χ0v) is 11.6. The van der Waals surface area contributed by atoms with Crippen molar-refractivity contribution in [2.45, 2.75) is 38.7 Å². The van der Waals surface area contributed by atoms with E-state index in [1.165, 1.54) is 18.4 Å². The molecule has 3 unspecified atom stereocenters. The van der Waals surface area contributed by atoms with Crippen molar-refractivity contribution in [2.75, 3.05) is 19.7 Å². The molecular weight excluding hydrogens is 222 g/mol. The third-order valence-corrected chi connectivity index (χ3v) is 4.06. The highest BCUT2D eigenvalue weighted by Gasteiger charge is 2.23. The van der Waals surface area contributed by atoms with Gasteiger partial charge in [-0.2, -0.15) is 0 Å². The highest BCUT2D eigenvalue weighted by atomic mass is 16.5. The molecule has 0 aromatic heterocycles. The van der Waals surface area contributed by atoms with Crippen molar-refractivity contribution in [3.63, 3.8) is 0 Å². The summed E-state index contributed by atoms with van der Waals surface area (Å²) in [5, 5.41) is 3.58. The van der Waals surface area contributed by atoms with Crippen LogP contribution in [0.15, 0.2) is 30.3 Å². The second-order valence-electron chi connectivity index (χ2n) is 5.43. The predicted octanol–water partition coefficient (Wildman–Crippen LogP) is 3.19. The summed E-state index contributed by atoms with van der Waals surface area (Å²) in [6.45, 7) is 7.63. The molecule has 1 aliphatic heterocycles. The predicted molar refractivity (Wildman–Crippen MR) is 75.9 cm³/mol. The molecule has 2 rings (SSSR count). The number of ether oxygens (including phenoxy) is 1. The first kappa shape index (κ1) is 13.6. The molecule has 0 bridgehead atoms. The van der Waals surface area contributed by atoms with Gasteiger partial charge in [-0.1, -0.05) is 37.3 Å². The molecule has 1 aliphatic rings. The second kappa shape index (κ2) is 6.91. The Morgan fingerprint density at radius 2 is 2.11 bits per heavy atom. The Labute approximate surface area is 111 Å². The summed E-state index contributed by atoms with van der Waals surface area (Å²) >= 11 is 0. The van der Waals surface area contributed by atoms with E-state index in [9.17, 15) is 0 Å². The van der Waals surface area contributed by atoms with Crippen molar-refractivity contribution in [1.82, 2.24) is 5.32 Å². The summed E-state index contributed by atoms with van der Waals surface area (Å²) in [5.41, 5.74) is 1.44. The summed E-state index contributed by atoms with van der Waals surface area (Å²) in [4.78, 5) is 0. The SMILES string of the molecule is CC(CCNCC1CCOC1C)c1ccccc1. The van der Waals surface area contributed by atoms with Crippen LogP contribution in [0.3, 0.4) is 0 Å². The van der Waals surface area contributed by atoms with Gasteiger partial charge in [0.05, 0.1) is 6.10 Å². The summed E-state index contributed by atoms with van der Waals surface area (Å²) in [7, 11) is 0. The minimum Gasteiger partial charge on any atom is -0.378 e. The standard InChI is InChI=1S/C16H25NO/c1-13(15-6-4-3-5-7-15)8-10-17-12-16-9-11-18-14(16)2/h3-7,13-14,16-17H,8-12H2,1-2H3. The van der Waals surface area contributed by atoms with Crippen LogP contribution in [0.25, 0.3) is 0 Å². The summed E-state index contributed by atoms with van der Waals surface area (Å²) in [5.74, 6) is 1.34. The van der Waals surface area contributed by atoms with Crippen LogP contribution in [0, 0.1) is 5.92 Å². The van der Waals surface area contributed by atoms with E-state index in [0.29, 0.717) is 17.9 Å². The molecule has 100 valence electrons. The van der Waals surface area contributed by atoms with Gasteiger partial charge in [0.1, 0.15) is 0 Å². The van der Waals surface area contributed by atoms with Crippen molar-refractivity contribution in [3.8, 4) is 0 Å². The minimum absolute atomic E-state index is 0.434. The molecule has 0 amide bonds. The van der Waals surface area contributed by atoms with E-state index in [-0.39, 0.29) is 0 Å². The van der Waals surface area contributed by atoms with E-state index in [4.69, 9.17) is 4.74 Å². The smallest absolute Gasteiger partial charge is 0.0588 e. The molecule has 3 atom stereocenters. The quantitative estimate of drug-likeness (QED) is 0.779. The average molecular weight is 247 g/mol. The van der Waals surface area contributed by atoms with Crippen LogP contribution in [0.1, 0.15) is 38.2 Å². The Hall–Kier alpha value is -0.860. The third-order valence-electron chi connectivity index (χ3n) is 4.06. The molecule has 0 saturated carbocycles. The number of rotatable bonds is 6. The number of nitrogens with one attached hydrogen (secondary N) is 1. The van der Waals surface area contributed by atoms with E-state index >= 15 is 0 Å². The van der Waals surface area contributed by atoms with Crippen molar-refractivity contribution >= 4 is 0 Å². The van der Waals surface area contributed by atoms with E-state index in [1.807, 2.05) is 0 Å². The van der Waals surface area contributed by atoms with Gasteiger partial charge < -0.3 is 10.1 Å². The van der Waals surface area contributed by atoms with Crippen molar-refractivity contribution in [1.29, 1.82) is 0 Å². The molecule has 1 aromatic carbocycles. The normalized spacial score (nSPS) is 25.2. The van der Waals surface area contributed by atoms with Gasteiger partial charge in [-0.15, -0.1) is 0 Å². The van der Waals surface area contributed by atoms with Crippen LogP contribution in [0.4, 0.5) is 0 Å². The molecule has 0 spiro atoms. The monoisotopic (exact) mass is 247 g/mol. The summed E-state index contributed by atoms with van der Waals surface area (Å²) in [6, 6.07) is 10.8. The lowest BCUT2D eigenvalue weighted by atomic mass is 9.97. The highest BCUT2D eigenvalue weighted by molar-refractivity contribution is 5.18. The number of hydrogen-bond donors (Lipinski definition) is 1. The highest BCUT2D eigenvalue weighted by Crippen LogP contribution is 2.20. The molecule has 1 N–H and O–H groups in total. The van der Waals surface area contributed by atoms with Gasteiger partial charge in [-0.3, -0.25) is 0 Å². The van der Waals surface area contributed by atoms with Crippen molar-refractivity contribution < 1.29 is 4.74 Å². The van der Waals surface area contributed by atoms with Crippen LogP contribution in [-0.4, -0.2) is 25.8 Å². The molecule has 0 aliphatic carbocycles. The Morgan fingerprint density at radius 1 is 1.33 bits per heavy atom. The molecule has 1 fully saturated rings. The maximum atomic E-state index is 5.57. The van der Waals surface area contributed by atoms with Gasteiger partial charge in [0.2, 0.25) is 0 Å². The Balaban J connectivity index is 1.63. The average Bonchev–Trinajstić information content (AvgIpc) is 2.81. The maximum absolute atomic E-state index is 5.57. The first-order valence-corrected chi connectivity index (χ1v) is 7.14.